The lowest BCUT2D eigenvalue weighted by Crippen LogP contribution is -2.50. The molecule has 2 heterocycles. The van der Waals surface area contributed by atoms with E-state index in [1.165, 1.54) is 4.57 Å². The molecule has 2 N–H and O–H groups in total. The van der Waals surface area contributed by atoms with Crippen molar-refractivity contribution in [2.45, 2.75) is 58.2 Å². The molecule has 2 aromatic carbocycles. The van der Waals surface area contributed by atoms with Crippen molar-refractivity contribution in [2.24, 2.45) is 5.92 Å². The minimum absolute atomic E-state index is 0.120. The number of aromatic nitrogens is 2. The highest BCUT2D eigenvalue weighted by molar-refractivity contribution is 6.30. The van der Waals surface area contributed by atoms with Crippen LogP contribution in [0, 0.1) is 5.92 Å². The van der Waals surface area contributed by atoms with Crippen LogP contribution in [0.25, 0.3) is 10.9 Å². The van der Waals surface area contributed by atoms with E-state index in [-0.39, 0.29) is 35.3 Å². The van der Waals surface area contributed by atoms with E-state index in [9.17, 15) is 19.2 Å². The van der Waals surface area contributed by atoms with Crippen LogP contribution in [0.5, 0.6) is 0 Å². The molecule has 1 saturated carbocycles. The molecule has 38 heavy (non-hydrogen) atoms. The molecule has 0 radical (unpaired) electrons. The highest BCUT2D eigenvalue weighted by Gasteiger charge is 2.27. The number of benzene rings is 2. The molecule has 1 aromatic heterocycles. The lowest BCUT2D eigenvalue weighted by Gasteiger charge is -2.33. The molecule has 1 aliphatic carbocycles. The van der Waals surface area contributed by atoms with E-state index in [4.69, 9.17) is 11.6 Å². The first-order chi connectivity index (χ1) is 18.2. The summed E-state index contributed by atoms with van der Waals surface area (Å²) in [7, 11) is 0. The molecular formula is C28H32ClN5O4. The van der Waals surface area contributed by atoms with Crippen molar-refractivity contribution in [2.75, 3.05) is 18.4 Å². The average molecular weight is 538 g/mol. The summed E-state index contributed by atoms with van der Waals surface area (Å²) >= 11 is 5.91. The summed E-state index contributed by atoms with van der Waals surface area (Å²) in [6, 6.07) is 11.2. The van der Waals surface area contributed by atoms with Gasteiger partial charge >= 0.3 is 11.7 Å². The lowest BCUT2D eigenvalue weighted by molar-refractivity contribution is 0.0913. The van der Waals surface area contributed by atoms with Gasteiger partial charge in [-0.2, -0.15) is 0 Å². The molecule has 200 valence electrons. The maximum absolute atomic E-state index is 13.3. The average Bonchev–Trinajstić information content (AvgIpc) is 3.71. The van der Waals surface area contributed by atoms with Gasteiger partial charge in [-0.15, -0.1) is 0 Å². The number of fused-ring (bicyclic) bond motifs is 1. The van der Waals surface area contributed by atoms with Crippen LogP contribution in [-0.4, -0.2) is 45.1 Å². The van der Waals surface area contributed by atoms with Crippen LogP contribution in [0.15, 0.2) is 52.1 Å². The van der Waals surface area contributed by atoms with Crippen LogP contribution in [-0.2, 0) is 6.54 Å². The Bertz CT molecular complexity index is 1490. The van der Waals surface area contributed by atoms with Crippen LogP contribution in [0.1, 0.15) is 55.9 Å². The number of anilines is 1. The summed E-state index contributed by atoms with van der Waals surface area (Å²) < 4.78 is 2.98. The molecule has 9 nitrogen and oxygen atoms in total. The summed E-state index contributed by atoms with van der Waals surface area (Å²) in [6.45, 7) is 5.20. The molecule has 2 aliphatic rings. The molecule has 3 aromatic rings. The smallest absolute Gasteiger partial charge is 0.331 e. The second-order valence-electron chi connectivity index (χ2n) is 10.5. The third kappa shape index (κ3) is 5.48. The van der Waals surface area contributed by atoms with Gasteiger partial charge in [0.25, 0.3) is 11.5 Å². The fourth-order valence-electron chi connectivity index (χ4n) is 5.03. The first kappa shape index (κ1) is 26.0. The van der Waals surface area contributed by atoms with E-state index in [2.05, 4.69) is 10.6 Å². The first-order valence-electron chi connectivity index (χ1n) is 13.1. The minimum atomic E-state index is -0.326. The zero-order valence-electron chi connectivity index (χ0n) is 21.6. The van der Waals surface area contributed by atoms with E-state index >= 15 is 0 Å². The highest BCUT2D eigenvalue weighted by atomic mass is 35.5. The Kier molecular flexibility index (Phi) is 7.29. The van der Waals surface area contributed by atoms with Crippen LogP contribution in [0.4, 0.5) is 10.5 Å². The summed E-state index contributed by atoms with van der Waals surface area (Å²) in [5, 5.41) is 6.87. The standard InChI is InChI=1S/C28H32ClN5O4/c1-17(2)34-24-12-11-21(14-23(24)26(36)33(28(34)38)15-18-5-6-18)31-27(37)32-13-3-4-22(16-32)30-25(35)19-7-9-20(29)10-8-19/h7-12,14,17-18,22H,3-6,13,15-16H2,1-2H3,(H,30,35)(H,31,37)/t22-/m1/s1. The van der Waals surface area contributed by atoms with Gasteiger partial charge < -0.3 is 15.5 Å². The fourth-order valence-corrected chi connectivity index (χ4v) is 5.16. The van der Waals surface area contributed by atoms with Crippen molar-refractivity contribution in [1.29, 1.82) is 0 Å². The van der Waals surface area contributed by atoms with Gasteiger partial charge in [-0.05, 0) is 87.9 Å². The molecular weight excluding hydrogens is 506 g/mol. The predicted molar refractivity (Wildman–Crippen MR) is 148 cm³/mol. The Hall–Kier alpha value is -3.59. The summed E-state index contributed by atoms with van der Waals surface area (Å²) in [6.07, 6.45) is 3.58. The Balaban J connectivity index is 1.32. The first-order valence-corrected chi connectivity index (χ1v) is 13.5. The van der Waals surface area contributed by atoms with Crippen molar-refractivity contribution < 1.29 is 9.59 Å². The zero-order chi connectivity index (χ0) is 27.0. The number of halogens is 1. The lowest BCUT2D eigenvalue weighted by atomic mass is 10.1. The number of likely N-dealkylation sites (tertiary alicyclic amines) is 1. The Morgan fingerprint density at radius 3 is 2.47 bits per heavy atom. The number of hydrogen-bond donors (Lipinski definition) is 2. The quantitative estimate of drug-likeness (QED) is 0.490. The van der Waals surface area contributed by atoms with Crippen LogP contribution in [0.2, 0.25) is 5.02 Å². The largest absolute Gasteiger partial charge is 0.348 e. The molecule has 1 atom stereocenters. The summed E-state index contributed by atoms with van der Waals surface area (Å²) in [4.78, 5) is 53.8. The second-order valence-corrected chi connectivity index (χ2v) is 11.0. The maximum atomic E-state index is 13.3. The van der Waals surface area contributed by atoms with Crippen LogP contribution < -0.4 is 21.9 Å². The molecule has 1 saturated heterocycles. The number of hydrogen-bond acceptors (Lipinski definition) is 4. The monoisotopic (exact) mass is 537 g/mol. The second kappa shape index (κ2) is 10.6. The number of carbonyl (C=O) groups is 2. The van der Waals surface area contributed by atoms with Gasteiger partial charge in [-0.25, -0.2) is 9.59 Å². The Morgan fingerprint density at radius 1 is 1.05 bits per heavy atom. The van der Waals surface area contributed by atoms with E-state index in [0.29, 0.717) is 52.7 Å². The Morgan fingerprint density at radius 2 is 1.79 bits per heavy atom. The number of amides is 3. The number of piperidine rings is 1. The number of carbonyl (C=O) groups excluding carboxylic acids is 2. The topological polar surface area (TPSA) is 105 Å². The number of nitrogens with zero attached hydrogens (tertiary/aromatic N) is 3. The van der Waals surface area contributed by atoms with E-state index in [1.807, 2.05) is 13.8 Å². The van der Waals surface area contributed by atoms with Gasteiger partial charge in [0.15, 0.2) is 0 Å². The molecule has 0 spiro atoms. The summed E-state index contributed by atoms with van der Waals surface area (Å²) in [5.74, 6) is 0.163. The van der Waals surface area contributed by atoms with E-state index < -0.39 is 0 Å². The SMILES string of the molecule is CC(C)n1c(=O)n(CC2CC2)c(=O)c2cc(NC(=O)N3CCC[C@@H](NC(=O)c4ccc(Cl)cc4)C3)ccc21. The fraction of sp³-hybridized carbons (Fsp3) is 0.429. The number of urea groups is 1. The van der Waals surface area contributed by atoms with Gasteiger partial charge in [-0.3, -0.25) is 18.7 Å². The van der Waals surface area contributed by atoms with Crippen LogP contribution in [0.3, 0.4) is 0 Å². The van der Waals surface area contributed by atoms with Gasteiger partial charge in [-0.1, -0.05) is 11.6 Å². The van der Waals surface area contributed by atoms with Gasteiger partial charge in [0.1, 0.15) is 0 Å². The van der Waals surface area contributed by atoms with E-state index in [1.54, 1.807) is 51.9 Å². The number of nitrogens with one attached hydrogen (secondary N) is 2. The van der Waals surface area contributed by atoms with Crippen molar-refractivity contribution in [1.82, 2.24) is 19.4 Å². The molecule has 10 heteroatoms. The zero-order valence-corrected chi connectivity index (χ0v) is 22.3. The van der Waals surface area contributed by atoms with Crippen molar-refractivity contribution in [3.8, 4) is 0 Å². The van der Waals surface area contributed by atoms with Crippen LogP contribution >= 0.6 is 11.6 Å². The van der Waals surface area contributed by atoms with Gasteiger partial charge in [0, 0.05) is 48.0 Å². The Labute approximate surface area is 225 Å². The minimum Gasteiger partial charge on any atom is -0.348 e. The normalized spacial score (nSPS) is 17.6. The molecule has 5 rings (SSSR count). The number of rotatable bonds is 6. The van der Waals surface area contributed by atoms with Gasteiger partial charge in [0.05, 0.1) is 10.9 Å². The third-order valence-corrected chi connectivity index (χ3v) is 7.48. The van der Waals surface area contributed by atoms with E-state index in [0.717, 1.165) is 25.7 Å². The van der Waals surface area contributed by atoms with Crippen molar-refractivity contribution in [3.05, 3.63) is 73.9 Å². The molecule has 1 aliphatic heterocycles. The van der Waals surface area contributed by atoms with Gasteiger partial charge in [0.2, 0.25) is 0 Å². The third-order valence-electron chi connectivity index (χ3n) is 7.22. The molecule has 0 unspecified atom stereocenters. The molecule has 3 amide bonds. The van der Waals surface area contributed by atoms with Crippen molar-refractivity contribution in [3.63, 3.8) is 0 Å². The predicted octanol–water partition coefficient (Wildman–Crippen LogP) is 4.23. The molecule has 2 fully saturated rings. The summed E-state index contributed by atoms with van der Waals surface area (Å²) in [5.41, 5.74) is 0.940. The highest BCUT2D eigenvalue weighted by Crippen LogP contribution is 2.30. The maximum Gasteiger partial charge on any atom is 0.331 e. The molecule has 0 bridgehead atoms. The van der Waals surface area contributed by atoms with Crippen molar-refractivity contribution >= 4 is 40.1 Å².